The summed E-state index contributed by atoms with van der Waals surface area (Å²) >= 11 is 0. The Morgan fingerprint density at radius 2 is 1.31 bits per heavy atom. The van der Waals surface area contributed by atoms with Crippen molar-refractivity contribution in [3.8, 4) is 22.6 Å². The topological polar surface area (TPSA) is 18.5 Å². The SMILES string of the molecule is CCC/C(F)=C(\F)c1ccc(C(F)(F)Oc2ccc(-c3cc(F)c(OC(F)(F)F)c(F)c3)cc2)cc1. The quantitative estimate of drug-likeness (QED) is 0.276. The van der Waals surface area contributed by atoms with Gasteiger partial charge in [0.1, 0.15) is 11.6 Å². The molecule has 0 fully saturated rings. The van der Waals surface area contributed by atoms with Gasteiger partial charge in [-0.2, -0.15) is 8.78 Å². The van der Waals surface area contributed by atoms with E-state index in [4.69, 9.17) is 0 Å². The molecule has 0 heterocycles. The Balaban J connectivity index is 1.77. The van der Waals surface area contributed by atoms with Crippen LogP contribution in [0.5, 0.6) is 11.5 Å². The number of hydrogen-bond acceptors (Lipinski definition) is 2. The van der Waals surface area contributed by atoms with Gasteiger partial charge in [0.25, 0.3) is 0 Å². The normalized spacial score (nSPS) is 12.8. The predicted octanol–water partition coefficient (Wildman–Crippen LogP) is 9.07. The van der Waals surface area contributed by atoms with Crippen LogP contribution in [-0.2, 0) is 6.11 Å². The van der Waals surface area contributed by atoms with E-state index in [0.29, 0.717) is 18.6 Å². The smallest absolute Gasteiger partial charge is 0.429 e. The van der Waals surface area contributed by atoms with Crippen molar-refractivity contribution < 1.29 is 49.0 Å². The van der Waals surface area contributed by atoms with E-state index in [1.807, 2.05) is 0 Å². The molecule has 36 heavy (non-hydrogen) atoms. The van der Waals surface area contributed by atoms with Gasteiger partial charge in [-0.3, -0.25) is 0 Å². The van der Waals surface area contributed by atoms with Crippen LogP contribution in [0, 0.1) is 11.6 Å². The Morgan fingerprint density at radius 3 is 1.81 bits per heavy atom. The van der Waals surface area contributed by atoms with Gasteiger partial charge in [-0.1, -0.05) is 31.2 Å². The first-order chi connectivity index (χ1) is 16.8. The Hall–Kier alpha value is -3.63. The fraction of sp³-hybridized carbons (Fsp3) is 0.200. The molecular weight excluding hydrogens is 503 g/mol. The third-order valence-corrected chi connectivity index (χ3v) is 4.83. The number of benzene rings is 3. The average molecular weight is 520 g/mol. The van der Waals surface area contributed by atoms with Crippen LogP contribution in [0.3, 0.4) is 0 Å². The van der Waals surface area contributed by atoms with E-state index in [9.17, 15) is 39.5 Å². The molecule has 0 spiro atoms. The lowest BCUT2D eigenvalue weighted by molar-refractivity contribution is -0.276. The highest BCUT2D eigenvalue weighted by atomic mass is 19.4. The summed E-state index contributed by atoms with van der Waals surface area (Å²) in [4.78, 5) is 0. The average Bonchev–Trinajstić information content (AvgIpc) is 2.80. The predicted molar refractivity (Wildman–Crippen MR) is 113 cm³/mol. The van der Waals surface area contributed by atoms with Crippen LogP contribution in [-0.4, -0.2) is 6.36 Å². The molecule has 0 saturated carbocycles. The minimum absolute atomic E-state index is 0.0859. The maximum absolute atomic E-state index is 14.6. The molecule has 0 radical (unpaired) electrons. The van der Waals surface area contributed by atoms with Gasteiger partial charge >= 0.3 is 12.5 Å². The summed E-state index contributed by atoms with van der Waals surface area (Å²) in [5, 5.41) is 0. The van der Waals surface area contributed by atoms with Crippen LogP contribution in [0.2, 0.25) is 0 Å². The molecule has 0 amide bonds. The number of hydrogen-bond donors (Lipinski definition) is 0. The van der Waals surface area contributed by atoms with Gasteiger partial charge < -0.3 is 9.47 Å². The molecule has 0 atom stereocenters. The second-order valence-corrected chi connectivity index (χ2v) is 7.51. The second kappa shape index (κ2) is 10.5. The summed E-state index contributed by atoms with van der Waals surface area (Å²) in [5.74, 6) is -7.34. The number of ether oxygens (including phenoxy) is 2. The molecule has 0 aliphatic rings. The van der Waals surface area contributed by atoms with E-state index >= 15 is 0 Å². The first kappa shape index (κ1) is 27.0. The third kappa shape index (κ3) is 6.52. The molecule has 3 rings (SSSR count). The Morgan fingerprint density at radius 1 is 0.750 bits per heavy atom. The van der Waals surface area contributed by atoms with Crippen LogP contribution < -0.4 is 9.47 Å². The number of alkyl halides is 5. The Labute approximate surface area is 199 Å². The van der Waals surface area contributed by atoms with E-state index in [2.05, 4.69) is 9.47 Å². The summed E-state index contributed by atoms with van der Waals surface area (Å²) in [7, 11) is 0. The maximum Gasteiger partial charge on any atom is 0.573 e. The van der Waals surface area contributed by atoms with Gasteiger partial charge in [0.05, 0.1) is 5.56 Å². The first-order valence-electron chi connectivity index (χ1n) is 10.4. The summed E-state index contributed by atoms with van der Waals surface area (Å²) in [5.41, 5.74) is -0.957. The van der Waals surface area contributed by atoms with Crippen LogP contribution in [0.25, 0.3) is 17.0 Å². The van der Waals surface area contributed by atoms with Gasteiger partial charge in [0.2, 0.25) is 5.75 Å². The molecule has 0 aromatic heterocycles. The van der Waals surface area contributed by atoms with Gasteiger partial charge in [-0.05, 0) is 53.9 Å². The van der Waals surface area contributed by atoms with Crippen LogP contribution in [0.1, 0.15) is 30.9 Å². The zero-order valence-corrected chi connectivity index (χ0v) is 18.4. The fourth-order valence-corrected chi connectivity index (χ4v) is 3.16. The highest BCUT2D eigenvalue weighted by Crippen LogP contribution is 2.36. The van der Waals surface area contributed by atoms with Crippen molar-refractivity contribution in [2.75, 3.05) is 0 Å². The molecule has 0 bridgehead atoms. The number of allylic oxidation sites excluding steroid dienone is 1. The molecule has 0 saturated heterocycles. The summed E-state index contributed by atoms with van der Waals surface area (Å²) < 4.78 is 129. The van der Waals surface area contributed by atoms with Crippen LogP contribution in [0.15, 0.2) is 66.5 Å². The van der Waals surface area contributed by atoms with E-state index in [-0.39, 0.29) is 28.9 Å². The molecule has 0 aliphatic heterocycles. The number of rotatable bonds is 8. The molecule has 0 unspecified atom stereocenters. The first-order valence-corrected chi connectivity index (χ1v) is 10.4. The van der Waals surface area contributed by atoms with Gasteiger partial charge in [0, 0.05) is 12.0 Å². The van der Waals surface area contributed by atoms with Crippen molar-refractivity contribution in [3.05, 3.63) is 89.3 Å². The molecule has 0 N–H and O–H groups in total. The molecule has 192 valence electrons. The maximum atomic E-state index is 14.6. The van der Waals surface area contributed by atoms with Gasteiger partial charge in [0.15, 0.2) is 17.5 Å². The molecule has 0 aliphatic carbocycles. The fourth-order valence-electron chi connectivity index (χ4n) is 3.16. The van der Waals surface area contributed by atoms with Crippen LogP contribution in [0.4, 0.5) is 39.5 Å². The molecule has 3 aromatic rings. The Kier molecular flexibility index (Phi) is 7.90. The third-order valence-electron chi connectivity index (χ3n) is 4.83. The molecular formula is C25H17F9O2. The van der Waals surface area contributed by atoms with Crippen molar-refractivity contribution in [1.29, 1.82) is 0 Å². The lowest BCUT2D eigenvalue weighted by atomic mass is 10.0. The minimum atomic E-state index is -5.30. The summed E-state index contributed by atoms with van der Waals surface area (Å²) in [6.45, 7) is 1.65. The summed E-state index contributed by atoms with van der Waals surface area (Å²) in [6, 6.07) is 9.31. The van der Waals surface area contributed by atoms with Crippen molar-refractivity contribution in [2.24, 2.45) is 0 Å². The molecule has 2 nitrogen and oxygen atoms in total. The van der Waals surface area contributed by atoms with E-state index < -0.39 is 47.1 Å². The van der Waals surface area contributed by atoms with Crippen molar-refractivity contribution >= 4 is 5.83 Å². The summed E-state index contributed by atoms with van der Waals surface area (Å²) in [6.07, 6.45) is -8.95. The number of halogens is 9. The highest BCUT2D eigenvalue weighted by molar-refractivity contribution is 5.65. The van der Waals surface area contributed by atoms with Crippen molar-refractivity contribution in [2.45, 2.75) is 32.2 Å². The lowest BCUT2D eigenvalue weighted by Gasteiger charge is -2.19. The van der Waals surface area contributed by atoms with Gasteiger partial charge in [-0.15, -0.1) is 13.2 Å². The second-order valence-electron chi connectivity index (χ2n) is 7.51. The lowest BCUT2D eigenvalue weighted by Crippen LogP contribution is -2.21. The van der Waals surface area contributed by atoms with Gasteiger partial charge in [-0.25, -0.2) is 17.6 Å². The zero-order chi connectivity index (χ0) is 26.7. The largest absolute Gasteiger partial charge is 0.573 e. The Bertz CT molecular complexity index is 1210. The van der Waals surface area contributed by atoms with Crippen LogP contribution >= 0.6 is 0 Å². The van der Waals surface area contributed by atoms with E-state index in [0.717, 1.165) is 48.5 Å². The highest BCUT2D eigenvalue weighted by Gasteiger charge is 2.35. The standard InChI is InChI=1S/C25H17F9O2/c1-2-3-19(26)22(29)15-4-8-17(9-5-15)24(30,31)35-18-10-6-14(7-11-18)16-12-20(27)23(21(28)13-16)36-25(32,33)34/h4-13H,2-3H2,1H3/b22-19+. The minimum Gasteiger partial charge on any atom is -0.429 e. The van der Waals surface area contributed by atoms with Crippen molar-refractivity contribution in [1.82, 2.24) is 0 Å². The molecule has 11 heteroatoms. The van der Waals surface area contributed by atoms with Crippen molar-refractivity contribution in [3.63, 3.8) is 0 Å². The van der Waals surface area contributed by atoms with E-state index in [1.54, 1.807) is 6.92 Å². The zero-order valence-electron chi connectivity index (χ0n) is 18.4. The van der Waals surface area contributed by atoms with E-state index in [1.165, 1.54) is 0 Å². The monoisotopic (exact) mass is 520 g/mol. The molecule has 3 aromatic carbocycles.